The fourth-order valence-electron chi connectivity index (χ4n) is 3.92. The lowest BCUT2D eigenvalue weighted by Crippen LogP contribution is -2.48. The Bertz CT molecular complexity index is 750. The highest BCUT2D eigenvalue weighted by Gasteiger charge is 2.28. The molecular formula is C18H26N6O. The highest BCUT2D eigenvalue weighted by atomic mass is 16.5. The zero-order valence-electron chi connectivity index (χ0n) is 15.3. The van der Waals surface area contributed by atoms with Gasteiger partial charge in [-0.25, -0.2) is 9.97 Å². The van der Waals surface area contributed by atoms with E-state index in [0.717, 1.165) is 44.8 Å². The SMILES string of the molecule is Cc1noc(C(C)N2CCN(c3nc(C)nc4c3CCCC4)CC2)n1. The number of aromatic nitrogens is 4. The first-order valence-electron chi connectivity index (χ1n) is 9.27. The van der Waals surface area contributed by atoms with Crippen molar-refractivity contribution in [1.82, 2.24) is 25.0 Å². The third-order valence-electron chi connectivity index (χ3n) is 5.34. The van der Waals surface area contributed by atoms with E-state index < -0.39 is 0 Å². The summed E-state index contributed by atoms with van der Waals surface area (Å²) in [6.07, 6.45) is 4.71. The number of piperazine rings is 1. The van der Waals surface area contributed by atoms with E-state index in [0.29, 0.717) is 11.7 Å². The van der Waals surface area contributed by atoms with Crippen LogP contribution in [0, 0.1) is 13.8 Å². The Kier molecular flexibility index (Phi) is 4.41. The molecule has 4 rings (SSSR count). The summed E-state index contributed by atoms with van der Waals surface area (Å²) in [5, 5.41) is 3.91. The number of aryl methyl sites for hydroxylation is 3. The summed E-state index contributed by atoms with van der Waals surface area (Å²) in [5.41, 5.74) is 2.65. The van der Waals surface area contributed by atoms with E-state index in [1.54, 1.807) is 0 Å². The molecule has 0 saturated carbocycles. The van der Waals surface area contributed by atoms with Crippen LogP contribution in [0.1, 0.15) is 54.6 Å². The zero-order chi connectivity index (χ0) is 17.4. The fourth-order valence-corrected chi connectivity index (χ4v) is 3.92. The Hall–Kier alpha value is -2.02. The van der Waals surface area contributed by atoms with Crippen LogP contribution >= 0.6 is 0 Å². The van der Waals surface area contributed by atoms with Gasteiger partial charge in [-0.3, -0.25) is 4.90 Å². The molecule has 2 aliphatic rings. The van der Waals surface area contributed by atoms with E-state index in [4.69, 9.17) is 9.51 Å². The molecule has 1 fully saturated rings. The van der Waals surface area contributed by atoms with Gasteiger partial charge < -0.3 is 9.42 Å². The van der Waals surface area contributed by atoms with Gasteiger partial charge in [0.25, 0.3) is 0 Å². The molecule has 0 spiro atoms. The molecule has 0 bridgehead atoms. The second-order valence-corrected chi connectivity index (χ2v) is 7.11. The molecule has 1 aliphatic carbocycles. The topological polar surface area (TPSA) is 71.2 Å². The second-order valence-electron chi connectivity index (χ2n) is 7.11. The second kappa shape index (κ2) is 6.71. The Morgan fingerprint density at radius 3 is 2.40 bits per heavy atom. The van der Waals surface area contributed by atoms with Crippen molar-refractivity contribution < 1.29 is 4.52 Å². The van der Waals surface area contributed by atoms with Gasteiger partial charge in [0.2, 0.25) is 5.89 Å². The minimum absolute atomic E-state index is 0.157. The Balaban J connectivity index is 1.48. The van der Waals surface area contributed by atoms with Gasteiger partial charge in [-0.2, -0.15) is 4.98 Å². The first-order chi connectivity index (χ1) is 12.1. The first-order valence-corrected chi connectivity index (χ1v) is 9.27. The van der Waals surface area contributed by atoms with Crippen molar-refractivity contribution in [2.24, 2.45) is 0 Å². The maximum Gasteiger partial charge on any atom is 0.243 e. The minimum atomic E-state index is 0.157. The first kappa shape index (κ1) is 16.4. The van der Waals surface area contributed by atoms with Crippen LogP contribution in [0.3, 0.4) is 0 Å². The van der Waals surface area contributed by atoms with Gasteiger partial charge in [0.1, 0.15) is 11.6 Å². The molecule has 1 atom stereocenters. The molecular weight excluding hydrogens is 316 g/mol. The molecule has 1 unspecified atom stereocenters. The van der Waals surface area contributed by atoms with Crippen molar-refractivity contribution in [1.29, 1.82) is 0 Å². The number of hydrogen-bond donors (Lipinski definition) is 0. The predicted octanol–water partition coefficient (Wildman–Crippen LogP) is 2.24. The van der Waals surface area contributed by atoms with Crippen LogP contribution in [0.15, 0.2) is 4.52 Å². The molecule has 0 radical (unpaired) electrons. The molecule has 1 saturated heterocycles. The van der Waals surface area contributed by atoms with Crippen LogP contribution in [0.25, 0.3) is 0 Å². The summed E-state index contributed by atoms with van der Waals surface area (Å²) >= 11 is 0. The van der Waals surface area contributed by atoms with Crippen molar-refractivity contribution in [3.8, 4) is 0 Å². The molecule has 25 heavy (non-hydrogen) atoms. The minimum Gasteiger partial charge on any atom is -0.354 e. The number of hydrogen-bond acceptors (Lipinski definition) is 7. The Labute approximate surface area is 148 Å². The van der Waals surface area contributed by atoms with Crippen LogP contribution in [0.5, 0.6) is 0 Å². The van der Waals surface area contributed by atoms with Gasteiger partial charge in [-0.15, -0.1) is 0 Å². The van der Waals surface area contributed by atoms with E-state index in [2.05, 4.69) is 31.8 Å². The van der Waals surface area contributed by atoms with Crippen LogP contribution in [0.2, 0.25) is 0 Å². The molecule has 134 valence electrons. The summed E-state index contributed by atoms with van der Waals surface area (Å²) in [6, 6.07) is 0.157. The molecule has 2 aromatic heterocycles. The fraction of sp³-hybridized carbons (Fsp3) is 0.667. The average Bonchev–Trinajstić information content (AvgIpc) is 3.07. The van der Waals surface area contributed by atoms with E-state index in [9.17, 15) is 0 Å². The third kappa shape index (κ3) is 3.25. The van der Waals surface area contributed by atoms with E-state index in [1.165, 1.54) is 29.9 Å². The molecule has 7 heteroatoms. The predicted molar refractivity (Wildman–Crippen MR) is 94.6 cm³/mol. The third-order valence-corrected chi connectivity index (χ3v) is 5.34. The highest BCUT2D eigenvalue weighted by molar-refractivity contribution is 5.50. The van der Waals surface area contributed by atoms with Crippen molar-refractivity contribution in [3.63, 3.8) is 0 Å². The maximum atomic E-state index is 5.34. The van der Waals surface area contributed by atoms with Crippen LogP contribution in [-0.2, 0) is 12.8 Å². The normalized spacial score (nSPS) is 19.7. The zero-order valence-corrected chi connectivity index (χ0v) is 15.3. The Morgan fingerprint density at radius 1 is 0.920 bits per heavy atom. The average molecular weight is 342 g/mol. The molecule has 1 aliphatic heterocycles. The quantitative estimate of drug-likeness (QED) is 0.847. The summed E-state index contributed by atoms with van der Waals surface area (Å²) in [7, 11) is 0. The van der Waals surface area contributed by atoms with Crippen LogP contribution < -0.4 is 4.90 Å². The van der Waals surface area contributed by atoms with E-state index in [-0.39, 0.29) is 6.04 Å². The lowest BCUT2D eigenvalue weighted by atomic mass is 9.96. The molecule has 2 aromatic rings. The van der Waals surface area contributed by atoms with Crippen molar-refractivity contribution in [3.05, 3.63) is 28.8 Å². The van der Waals surface area contributed by atoms with Crippen molar-refractivity contribution in [2.75, 3.05) is 31.1 Å². The van der Waals surface area contributed by atoms with Gasteiger partial charge in [-0.1, -0.05) is 5.16 Å². The van der Waals surface area contributed by atoms with Crippen LogP contribution in [0.4, 0.5) is 5.82 Å². The van der Waals surface area contributed by atoms with Gasteiger partial charge in [-0.05, 0) is 46.5 Å². The van der Waals surface area contributed by atoms with Crippen molar-refractivity contribution in [2.45, 2.75) is 52.5 Å². The molecule has 0 amide bonds. The number of nitrogens with zero attached hydrogens (tertiary/aromatic N) is 6. The van der Waals surface area contributed by atoms with Crippen molar-refractivity contribution >= 4 is 5.82 Å². The summed E-state index contributed by atoms with van der Waals surface area (Å²) in [4.78, 5) is 18.7. The lowest BCUT2D eigenvalue weighted by Gasteiger charge is -2.38. The monoisotopic (exact) mass is 342 g/mol. The molecule has 0 aromatic carbocycles. The number of rotatable bonds is 3. The molecule has 0 N–H and O–H groups in total. The van der Waals surface area contributed by atoms with Gasteiger partial charge in [0.15, 0.2) is 5.82 Å². The summed E-state index contributed by atoms with van der Waals surface area (Å²) in [6.45, 7) is 9.90. The molecule has 3 heterocycles. The standard InChI is InChI=1S/C18H26N6O/c1-12(18-21-14(3)22-25-18)23-8-10-24(11-9-23)17-15-6-4-5-7-16(15)19-13(2)20-17/h12H,4-11H2,1-3H3. The number of anilines is 1. The van der Waals surface area contributed by atoms with E-state index >= 15 is 0 Å². The summed E-state index contributed by atoms with van der Waals surface area (Å²) in [5.74, 6) is 3.47. The summed E-state index contributed by atoms with van der Waals surface area (Å²) < 4.78 is 5.34. The number of fused-ring (bicyclic) bond motifs is 1. The van der Waals surface area contributed by atoms with E-state index in [1.807, 2.05) is 13.8 Å². The van der Waals surface area contributed by atoms with Gasteiger partial charge >= 0.3 is 0 Å². The highest BCUT2D eigenvalue weighted by Crippen LogP contribution is 2.29. The van der Waals surface area contributed by atoms with Gasteiger partial charge in [0, 0.05) is 37.4 Å². The van der Waals surface area contributed by atoms with Crippen LogP contribution in [-0.4, -0.2) is 51.2 Å². The smallest absolute Gasteiger partial charge is 0.243 e. The maximum absolute atomic E-state index is 5.34. The van der Waals surface area contributed by atoms with Gasteiger partial charge in [0.05, 0.1) is 6.04 Å². The largest absolute Gasteiger partial charge is 0.354 e. The molecule has 7 nitrogen and oxygen atoms in total. The Morgan fingerprint density at radius 2 is 1.68 bits per heavy atom. The lowest BCUT2D eigenvalue weighted by molar-refractivity contribution is 0.164.